The molecule has 1 heterocycles. The summed E-state index contributed by atoms with van der Waals surface area (Å²) in [5.74, 6) is 0.947. The smallest absolute Gasteiger partial charge is 0.325 e. The summed E-state index contributed by atoms with van der Waals surface area (Å²) >= 11 is 0. The number of rotatable bonds is 12. The third-order valence-corrected chi connectivity index (χ3v) is 5.98. The first kappa shape index (κ1) is 23.9. The molecular weight excluding hydrogens is 410 g/mol. The van der Waals surface area contributed by atoms with Crippen LogP contribution in [0.5, 0.6) is 11.5 Å². The molecule has 2 aliphatic rings. The lowest BCUT2D eigenvalue weighted by atomic mass is 9.96. The highest BCUT2D eigenvalue weighted by atomic mass is 16.5. The lowest BCUT2D eigenvalue weighted by Crippen LogP contribution is -2.47. The van der Waals surface area contributed by atoms with Crippen LogP contribution >= 0.6 is 0 Å². The molecule has 8 nitrogen and oxygen atoms in total. The van der Waals surface area contributed by atoms with Crippen molar-refractivity contribution >= 4 is 17.8 Å². The highest BCUT2D eigenvalue weighted by Crippen LogP contribution is 2.42. The normalized spacial score (nSPS) is 20.3. The first-order chi connectivity index (χ1) is 15.3. The fourth-order valence-corrected chi connectivity index (χ4v) is 4.06. The Morgan fingerprint density at radius 1 is 1.16 bits per heavy atom. The summed E-state index contributed by atoms with van der Waals surface area (Å²) in [6.07, 6.45) is 3.51. The molecule has 1 unspecified atom stereocenters. The average Bonchev–Trinajstić information content (AvgIpc) is 3.59. The van der Waals surface area contributed by atoms with E-state index in [2.05, 4.69) is 5.32 Å². The Balaban J connectivity index is 1.71. The molecule has 8 heteroatoms. The van der Waals surface area contributed by atoms with Gasteiger partial charge >= 0.3 is 6.03 Å². The second kappa shape index (κ2) is 10.2. The fraction of sp³-hybridized carbons (Fsp3) is 0.625. The number of urea groups is 1. The van der Waals surface area contributed by atoms with Crippen LogP contribution in [0.3, 0.4) is 0 Å². The Bertz CT molecular complexity index is 854. The molecule has 1 aliphatic heterocycles. The molecule has 0 aromatic heterocycles. The number of ether oxygens (including phenoxy) is 2. The van der Waals surface area contributed by atoms with Crippen LogP contribution in [-0.4, -0.2) is 59.5 Å². The number of benzene rings is 1. The van der Waals surface area contributed by atoms with Gasteiger partial charge in [0, 0.05) is 13.1 Å². The number of hydrogen-bond acceptors (Lipinski definition) is 5. The van der Waals surface area contributed by atoms with Gasteiger partial charge in [0.1, 0.15) is 12.1 Å². The second-order valence-corrected chi connectivity index (χ2v) is 8.68. The standard InChI is InChI=1S/C24H35N3O5/c1-5-12-26(15-17-8-11-19(32-13-6-2)20(14-17)31-7-3)21(28)16-27-22(29)24(4,18-9-10-18)25-23(27)30/h8,11,14,18H,5-7,9-10,12-13,15-16H2,1-4H3,(H,25,30). The molecule has 1 atom stereocenters. The number of amides is 4. The summed E-state index contributed by atoms with van der Waals surface area (Å²) in [5.41, 5.74) is 0.0207. The van der Waals surface area contributed by atoms with Gasteiger partial charge < -0.3 is 19.7 Å². The minimum absolute atomic E-state index is 0.163. The number of nitrogens with zero attached hydrogens (tertiary/aromatic N) is 2. The minimum Gasteiger partial charge on any atom is -0.490 e. The summed E-state index contributed by atoms with van der Waals surface area (Å²) in [6, 6.07) is 5.19. The van der Waals surface area contributed by atoms with Crippen molar-refractivity contribution in [2.45, 2.75) is 65.5 Å². The lowest BCUT2D eigenvalue weighted by molar-refractivity contribution is -0.139. The van der Waals surface area contributed by atoms with Crippen molar-refractivity contribution in [1.82, 2.24) is 15.1 Å². The molecule has 2 fully saturated rings. The summed E-state index contributed by atoms with van der Waals surface area (Å²) in [4.78, 5) is 41.2. The Kier molecular flexibility index (Phi) is 7.64. The van der Waals surface area contributed by atoms with E-state index in [1.807, 2.05) is 39.0 Å². The van der Waals surface area contributed by atoms with Gasteiger partial charge in [0.15, 0.2) is 11.5 Å². The van der Waals surface area contributed by atoms with Gasteiger partial charge in [0.2, 0.25) is 5.91 Å². The molecular formula is C24H35N3O5. The van der Waals surface area contributed by atoms with Crippen molar-refractivity contribution in [2.24, 2.45) is 5.92 Å². The first-order valence-electron chi connectivity index (χ1n) is 11.6. The zero-order valence-corrected chi connectivity index (χ0v) is 19.6. The number of nitrogens with one attached hydrogen (secondary N) is 1. The van der Waals surface area contributed by atoms with Crippen molar-refractivity contribution in [2.75, 3.05) is 26.3 Å². The van der Waals surface area contributed by atoms with E-state index in [9.17, 15) is 14.4 Å². The van der Waals surface area contributed by atoms with E-state index < -0.39 is 11.6 Å². The van der Waals surface area contributed by atoms with Gasteiger partial charge in [0.05, 0.1) is 13.2 Å². The molecule has 4 amide bonds. The second-order valence-electron chi connectivity index (χ2n) is 8.68. The van der Waals surface area contributed by atoms with Crippen LogP contribution < -0.4 is 14.8 Å². The van der Waals surface area contributed by atoms with Crippen LogP contribution in [0, 0.1) is 5.92 Å². The zero-order valence-electron chi connectivity index (χ0n) is 19.6. The summed E-state index contributed by atoms with van der Waals surface area (Å²) in [7, 11) is 0. The third kappa shape index (κ3) is 5.16. The number of carbonyl (C=O) groups is 3. The largest absolute Gasteiger partial charge is 0.490 e. The average molecular weight is 446 g/mol. The van der Waals surface area contributed by atoms with Crippen molar-refractivity contribution < 1.29 is 23.9 Å². The topological polar surface area (TPSA) is 88.2 Å². The fourth-order valence-electron chi connectivity index (χ4n) is 4.06. The van der Waals surface area contributed by atoms with Crippen molar-refractivity contribution in [1.29, 1.82) is 0 Å². The monoisotopic (exact) mass is 445 g/mol. The SMILES string of the molecule is CCCOc1ccc(CN(CCC)C(=O)CN2C(=O)NC(C)(C3CC3)C2=O)cc1OCC. The van der Waals surface area contributed by atoms with Gasteiger partial charge in [-0.2, -0.15) is 0 Å². The molecule has 1 N–H and O–H groups in total. The maximum atomic E-state index is 13.1. The molecule has 1 saturated heterocycles. The number of hydrogen-bond donors (Lipinski definition) is 1. The Morgan fingerprint density at radius 3 is 2.53 bits per heavy atom. The van der Waals surface area contributed by atoms with E-state index in [0.29, 0.717) is 37.8 Å². The van der Waals surface area contributed by atoms with Crippen LogP contribution in [0.25, 0.3) is 0 Å². The van der Waals surface area contributed by atoms with E-state index in [-0.39, 0.29) is 24.3 Å². The molecule has 0 spiro atoms. The maximum Gasteiger partial charge on any atom is 0.325 e. The molecule has 1 saturated carbocycles. The van der Waals surface area contributed by atoms with E-state index >= 15 is 0 Å². The Morgan fingerprint density at radius 2 is 1.91 bits per heavy atom. The highest BCUT2D eigenvalue weighted by Gasteiger charge is 2.56. The van der Waals surface area contributed by atoms with Crippen molar-refractivity contribution in [3.05, 3.63) is 23.8 Å². The molecule has 32 heavy (non-hydrogen) atoms. The van der Waals surface area contributed by atoms with Gasteiger partial charge in [-0.25, -0.2) is 4.79 Å². The number of carbonyl (C=O) groups excluding carboxylic acids is 3. The van der Waals surface area contributed by atoms with Crippen LogP contribution in [0.1, 0.15) is 58.9 Å². The third-order valence-electron chi connectivity index (χ3n) is 5.98. The minimum atomic E-state index is -0.881. The van der Waals surface area contributed by atoms with E-state index in [1.165, 1.54) is 0 Å². The molecule has 1 aromatic carbocycles. The van der Waals surface area contributed by atoms with Crippen LogP contribution in [0.4, 0.5) is 4.79 Å². The summed E-state index contributed by atoms with van der Waals surface area (Å²) in [6.45, 7) is 9.47. The van der Waals surface area contributed by atoms with Gasteiger partial charge in [-0.1, -0.05) is 19.9 Å². The van der Waals surface area contributed by atoms with E-state index in [0.717, 1.165) is 36.1 Å². The van der Waals surface area contributed by atoms with Crippen LogP contribution in [0.2, 0.25) is 0 Å². The molecule has 1 aliphatic carbocycles. The number of imide groups is 1. The molecule has 1 aromatic rings. The van der Waals surface area contributed by atoms with E-state index in [1.54, 1.807) is 11.8 Å². The van der Waals surface area contributed by atoms with Gasteiger partial charge in [-0.15, -0.1) is 0 Å². The summed E-state index contributed by atoms with van der Waals surface area (Å²) < 4.78 is 11.5. The van der Waals surface area contributed by atoms with Crippen molar-refractivity contribution in [3.8, 4) is 11.5 Å². The quantitative estimate of drug-likeness (QED) is 0.499. The molecule has 3 rings (SSSR count). The van der Waals surface area contributed by atoms with Gasteiger partial charge in [-0.05, 0) is 63.1 Å². The van der Waals surface area contributed by atoms with Crippen LogP contribution in [-0.2, 0) is 16.1 Å². The van der Waals surface area contributed by atoms with Gasteiger partial charge in [0.25, 0.3) is 5.91 Å². The maximum absolute atomic E-state index is 13.1. The molecule has 176 valence electrons. The molecule has 0 bridgehead atoms. The molecule has 0 radical (unpaired) electrons. The predicted molar refractivity (Wildman–Crippen MR) is 120 cm³/mol. The highest BCUT2D eigenvalue weighted by molar-refractivity contribution is 6.09. The summed E-state index contributed by atoms with van der Waals surface area (Å²) in [5, 5.41) is 2.80. The first-order valence-corrected chi connectivity index (χ1v) is 11.6. The Labute approximate surface area is 190 Å². The van der Waals surface area contributed by atoms with Crippen molar-refractivity contribution in [3.63, 3.8) is 0 Å². The van der Waals surface area contributed by atoms with E-state index in [4.69, 9.17) is 9.47 Å². The van der Waals surface area contributed by atoms with Crippen LogP contribution in [0.15, 0.2) is 18.2 Å². The zero-order chi connectivity index (χ0) is 23.3. The van der Waals surface area contributed by atoms with Gasteiger partial charge in [-0.3, -0.25) is 14.5 Å². The Hall–Kier alpha value is -2.77. The lowest BCUT2D eigenvalue weighted by Gasteiger charge is -2.25. The predicted octanol–water partition coefficient (Wildman–Crippen LogP) is 3.33.